The fraction of sp³-hybridized carbons (Fsp3) is 0.118. The Morgan fingerprint density at radius 2 is 1.86 bits per heavy atom. The number of hydrogen-bond donors (Lipinski definition) is 0. The molecule has 0 atom stereocenters. The number of rotatable bonds is 4. The van der Waals surface area contributed by atoms with E-state index in [1.807, 2.05) is 31.2 Å². The second-order valence-corrected chi connectivity index (χ2v) is 5.80. The van der Waals surface area contributed by atoms with Crippen LogP contribution in [0.25, 0.3) is 11.5 Å². The summed E-state index contributed by atoms with van der Waals surface area (Å²) in [5.74, 6) is 0.999. The minimum absolute atomic E-state index is 0.366. The Kier molecular flexibility index (Phi) is 4.44. The molecule has 0 fully saturated rings. The molecule has 0 aliphatic carbocycles. The van der Waals surface area contributed by atoms with Crippen LogP contribution in [0.1, 0.15) is 11.3 Å². The van der Waals surface area contributed by atoms with Crippen molar-refractivity contribution in [3.8, 4) is 11.5 Å². The standard InChI is InChI=1S/C17H14FN3S/c1-12-9-16(22-11-13-5-3-2-4-6-13)21-17(20-12)15-8-7-14(18)10-19-15/h2-10H,11H2,1H3. The Balaban J connectivity index is 1.82. The Labute approximate surface area is 132 Å². The van der Waals surface area contributed by atoms with E-state index in [9.17, 15) is 4.39 Å². The van der Waals surface area contributed by atoms with Crippen LogP contribution >= 0.6 is 11.8 Å². The predicted molar refractivity (Wildman–Crippen MR) is 86.0 cm³/mol. The topological polar surface area (TPSA) is 38.7 Å². The van der Waals surface area contributed by atoms with Crippen LogP contribution in [0.2, 0.25) is 0 Å². The van der Waals surface area contributed by atoms with Crippen LogP contribution in [-0.4, -0.2) is 15.0 Å². The van der Waals surface area contributed by atoms with Crippen molar-refractivity contribution in [3.05, 3.63) is 71.8 Å². The van der Waals surface area contributed by atoms with Crippen molar-refractivity contribution in [1.29, 1.82) is 0 Å². The van der Waals surface area contributed by atoms with Crippen molar-refractivity contribution < 1.29 is 4.39 Å². The molecule has 2 aromatic heterocycles. The first-order valence-electron chi connectivity index (χ1n) is 6.85. The molecule has 0 spiro atoms. The fourth-order valence-electron chi connectivity index (χ4n) is 1.97. The molecule has 0 amide bonds. The molecule has 0 N–H and O–H groups in total. The van der Waals surface area contributed by atoms with Crippen LogP contribution in [0.3, 0.4) is 0 Å². The number of halogens is 1. The molecule has 22 heavy (non-hydrogen) atoms. The second-order valence-electron chi connectivity index (χ2n) is 4.81. The van der Waals surface area contributed by atoms with E-state index in [0.29, 0.717) is 11.5 Å². The van der Waals surface area contributed by atoms with E-state index in [0.717, 1.165) is 16.5 Å². The summed E-state index contributed by atoms with van der Waals surface area (Å²) in [7, 11) is 0. The first-order chi connectivity index (χ1) is 10.7. The van der Waals surface area contributed by atoms with Gasteiger partial charge in [0.15, 0.2) is 5.82 Å². The maximum atomic E-state index is 13.0. The monoisotopic (exact) mass is 311 g/mol. The third-order valence-corrected chi connectivity index (χ3v) is 4.00. The summed E-state index contributed by atoms with van der Waals surface area (Å²) in [6, 6.07) is 15.1. The highest BCUT2D eigenvalue weighted by Gasteiger charge is 2.07. The van der Waals surface area contributed by atoms with Crippen LogP contribution in [0, 0.1) is 12.7 Å². The average molecular weight is 311 g/mol. The molecule has 0 aliphatic heterocycles. The summed E-state index contributed by atoms with van der Waals surface area (Å²) in [5.41, 5.74) is 2.68. The van der Waals surface area contributed by atoms with Crippen LogP contribution in [0.4, 0.5) is 4.39 Å². The number of thioether (sulfide) groups is 1. The molecule has 0 bridgehead atoms. The summed E-state index contributed by atoms with van der Waals surface area (Å²) in [5, 5.41) is 0.887. The maximum Gasteiger partial charge on any atom is 0.179 e. The number of aromatic nitrogens is 3. The van der Waals surface area contributed by atoms with Crippen molar-refractivity contribution in [1.82, 2.24) is 15.0 Å². The minimum Gasteiger partial charge on any atom is -0.250 e. The largest absolute Gasteiger partial charge is 0.250 e. The van der Waals surface area contributed by atoms with Crippen molar-refractivity contribution in [2.75, 3.05) is 0 Å². The maximum absolute atomic E-state index is 13.0. The van der Waals surface area contributed by atoms with Gasteiger partial charge in [-0.3, -0.25) is 0 Å². The summed E-state index contributed by atoms with van der Waals surface area (Å²) in [6.07, 6.45) is 1.18. The van der Waals surface area contributed by atoms with E-state index < -0.39 is 0 Å². The molecular formula is C17H14FN3S. The van der Waals surface area contributed by atoms with Crippen LogP contribution < -0.4 is 0 Å². The van der Waals surface area contributed by atoms with Crippen LogP contribution in [-0.2, 0) is 5.75 Å². The highest BCUT2D eigenvalue weighted by molar-refractivity contribution is 7.98. The van der Waals surface area contributed by atoms with E-state index in [-0.39, 0.29) is 5.82 Å². The van der Waals surface area contributed by atoms with Crippen LogP contribution in [0.15, 0.2) is 59.8 Å². The predicted octanol–water partition coefficient (Wildman–Crippen LogP) is 4.28. The SMILES string of the molecule is Cc1cc(SCc2ccccc2)nc(-c2ccc(F)cn2)n1. The van der Waals surface area contributed by atoms with Crippen LogP contribution in [0.5, 0.6) is 0 Å². The Bertz CT molecular complexity index is 761. The van der Waals surface area contributed by atoms with Gasteiger partial charge in [-0.1, -0.05) is 30.3 Å². The van der Waals surface area contributed by atoms with Gasteiger partial charge in [-0.05, 0) is 30.7 Å². The van der Waals surface area contributed by atoms with E-state index in [4.69, 9.17) is 0 Å². The van der Waals surface area contributed by atoms with Crippen molar-refractivity contribution in [3.63, 3.8) is 0 Å². The zero-order valence-corrected chi connectivity index (χ0v) is 12.8. The van der Waals surface area contributed by atoms with E-state index >= 15 is 0 Å². The molecule has 3 rings (SSSR count). The number of pyridine rings is 1. The van der Waals surface area contributed by atoms with Gasteiger partial charge in [0.1, 0.15) is 16.5 Å². The Morgan fingerprint density at radius 3 is 2.59 bits per heavy atom. The Morgan fingerprint density at radius 1 is 1.05 bits per heavy atom. The number of benzene rings is 1. The lowest BCUT2D eigenvalue weighted by Gasteiger charge is -2.06. The van der Waals surface area contributed by atoms with Gasteiger partial charge in [-0.25, -0.2) is 19.3 Å². The lowest BCUT2D eigenvalue weighted by Crippen LogP contribution is -1.96. The summed E-state index contributed by atoms with van der Waals surface area (Å²) >= 11 is 1.65. The van der Waals surface area contributed by atoms with Crippen molar-refractivity contribution >= 4 is 11.8 Å². The van der Waals surface area contributed by atoms with Gasteiger partial charge in [0.05, 0.1) is 6.20 Å². The van der Waals surface area contributed by atoms with Gasteiger partial charge < -0.3 is 0 Å². The zero-order chi connectivity index (χ0) is 15.4. The molecule has 3 aromatic rings. The van der Waals surface area contributed by atoms with E-state index in [1.54, 1.807) is 17.8 Å². The van der Waals surface area contributed by atoms with Gasteiger partial charge in [0, 0.05) is 11.4 Å². The normalized spacial score (nSPS) is 10.6. The lowest BCUT2D eigenvalue weighted by molar-refractivity contribution is 0.621. The highest BCUT2D eigenvalue weighted by Crippen LogP contribution is 2.23. The van der Waals surface area contributed by atoms with E-state index in [2.05, 4.69) is 27.1 Å². The summed E-state index contributed by atoms with van der Waals surface area (Å²) < 4.78 is 13.0. The first kappa shape index (κ1) is 14.7. The quantitative estimate of drug-likeness (QED) is 0.532. The molecule has 0 saturated heterocycles. The van der Waals surface area contributed by atoms with Gasteiger partial charge in [0.25, 0.3) is 0 Å². The van der Waals surface area contributed by atoms with Gasteiger partial charge >= 0.3 is 0 Å². The third-order valence-electron chi connectivity index (χ3n) is 3.02. The first-order valence-corrected chi connectivity index (χ1v) is 7.83. The number of aryl methyl sites for hydroxylation is 1. The molecule has 0 aliphatic rings. The third kappa shape index (κ3) is 3.68. The summed E-state index contributed by atoms with van der Waals surface area (Å²) in [4.78, 5) is 12.9. The highest BCUT2D eigenvalue weighted by atomic mass is 32.2. The summed E-state index contributed by atoms with van der Waals surface area (Å²) in [6.45, 7) is 1.92. The molecule has 2 heterocycles. The molecule has 0 radical (unpaired) electrons. The van der Waals surface area contributed by atoms with Crippen molar-refractivity contribution in [2.45, 2.75) is 17.7 Å². The number of nitrogens with zero attached hydrogens (tertiary/aromatic N) is 3. The van der Waals surface area contributed by atoms with Crippen molar-refractivity contribution in [2.24, 2.45) is 0 Å². The fourth-order valence-corrected chi connectivity index (χ4v) is 2.88. The number of hydrogen-bond acceptors (Lipinski definition) is 4. The Hall–Kier alpha value is -2.27. The zero-order valence-electron chi connectivity index (χ0n) is 12.0. The van der Waals surface area contributed by atoms with E-state index in [1.165, 1.54) is 17.8 Å². The molecular weight excluding hydrogens is 297 g/mol. The molecule has 5 heteroatoms. The smallest absolute Gasteiger partial charge is 0.179 e. The van der Waals surface area contributed by atoms with Gasteiger partial charge in [-0.15, -0.1) is 11.8 Å². The molecule has 0 saturated carbocycles. The molecule has 3 nitrogen and oxygen atoms in total. The molecule has 1 aromatic carbocycles. The lowest BCUT2D eigenvalue weighted by atomic mass is 10.2. The molecule has 110 valence electrons. The average Bonchev–Trinajstić information content (AvgIpc) is 2.54. The minimum atomic E-state index is -0.366. The van der Waals surface area contributed by atoms with Gasteiger partial charge in [0.2, 0.25) is 0 Å². The van der Waals surface area contributed by atoms with Gasteiger partial charge in [-0.2, -0.15) is 0 Å². The second kappa shape index (κ2) is 6.66. The molecule has 0 unspecified atom stereocenters.